The van der Waals surface area contributed by atoms with Gasteiger partial charge in [-0.1, -0.05) is 15.9 Å². The zero-order valence-corrected chi connectivity index (χ0v) is 14.1. The molecule has 0 unspecified atom stereocenters. The van der Waals surface area contributed by atoms with Gasteiger partial charge in [-0.15, -0.1) is 5.10 Å². The van der Waals surface area contributed by atoms with E-state index in [1.807, 2.05) is 19.9 Å². The first-order valence-electron chi connectivity index (χ1n) is 7.00. The molecular weight excluding hydrogens is 350 g/mol. The fourth-order valence-electron chi connectivity index (χ4n) is 1.85. The number of carbonyl (C=O) groups is 1. The number of ether oxygens (including phenoxy) is 1. The maximum absolute atomic E-state index is 12.4. The van der Waals surface area contributed by atoms with Crippen molar-refractivity contribution < 1.29 is 9.53 Å². The van der Waals surface area contributed by atoms with Crippen molar-refractivity contribution in [3.8, 4) is 5.69 Å². The quantitative estimate of drug-likeness (QED) is 0.756. The molecule has 0 atom stereocenters. The molecular formula is C14H18BrN5O2. The van der Waals surface area contributed by atoms with Crippen molar-refractivity contribution in [1.29, 1.82) is 0 Å². The predicted octanol–water partition coefficient (Wildman–Crippen LogP) is 1.97. The Labute approximate surface area is 137 Å². The van der Waals surface area contributed by atoms with E-state index >= 15 is 0 Å². The zero-order valence-electron chi connectivity index (χ0n) is 12.5. The van der Waals surface area contributed by atoms with E-state index in [0.29, 0.717) is 24.4 Å². The molecule has 1 amide bonds. The van der Waals surface area contributed by atoms with Gasteiger partial charge < -0.3 is 10.1 Å². The topological polar surface area (TPSA) is 81.9 Å². The Morgan fingerprint density at radius 3 is 2.95 bits per heavy atom. The Hall–Kier alpha value is -1.80. The third kappa shape index (κ3) is 4.60. The highest BCUT2D eigenvalue weighted by molar-refractivity contribution is 9.10. The van der Waals surface area contributed by atoms with Crippen LogP contribution in [0.4, 0.5) is 0 Å². The third-order valence-electron chi connectivity index (χ3n) is 2.86. The molecule has 0 spiro atoms. The highest BCUT2D eigenvalue weighted by Crippen LogP contribution is 2.19. The fourth-order valence-corrected chi connectivity index (χ4v) is 2.21. The van der Waals surface area contributed by atoms with Crippen molar-refractivity contribution in [2.45, 2.75) is 26.4 Å². The van der Waals surface area contributed by atoms with Gasteiger partial charge in [-0.25, -0.2) is 0 Å². The van der Waals surface area contributed by atoms with Gasteiger partial charge in [-0.3, -0.25) is 4.79 Å². The maximum atomic E-state index is 12.4. The van der Waals surface area contributed by atoms with E-state index in [0.717, 1.165) is 10.9 Å². The standard InChI is InChI=1S/C14H18BrN5O2/c1-10(2)22-7-3-6-16-14(21)12-8-11(15)4-5-13(12)20-9-17-18-19-20/h4-5,8-10H,3,6-7H2,1-2H3,(H,16,21). The van der Waals surface area contributed by atoms with Gasteiger partial charge in [0.15, 0.2) is 0 Å². The van der Waals surface area contributed by atoms with Crippen LogP contribution in [-0.4, -0.2) is 45.4 Å². The molecule has 2 aromatic rings. The van der Waals surface area contributed by atoms with Gasteiger partial charge in [0, 0.05) is 17.6 Å². The van der Waals surface area contributed by atoms with E-state index in [2.05, 4.69) is 36.8 Å². The second kappa shape index (κ2) is 8.00. The molecule has 0 saturated heterocycles. The number of rotatable bonds is 7. The van der Waals surface area contributed by atoms with Crippen molar-refractivity contribution in [1.82, 2.24) is 25.5 Å². The molecule has 0 saturated carbocycles. The first-order valence-corrected chi connectivity index (χ1v) is 7.80. The summed E-state index contributed by atoms with van der Waals surface area (Å²) in [7, 11) is 0. The lowest BCUT2D eigenvalue weighted by molar-refractivity contribution is 0.0757. The van der Waals surface area contributed by atoms with Gasteiger partial charge in [0.25, 0.3) is 5.91 Å². The molecule has 1 heterocycles. The molecule has 0 aliphatic carbocycles. The summed E-state index contributed by atoms with van der Waals surface area (Å²) < 4.78 is 7.72. The summed E-state index contributed by atoms with van der Waals surface area (Å²) in [5.41, 5.74) is 1.13. The summed E-state index contributed by atoms with van der Waals surface area (Å²) in [6.45, 7) is 5.14. The van der Waals surface area contributed by atoms with Crippen molar-refractivity contribution in [2.24, 2.45) is 0 Å². The van der Waals surface area contributed by atoms with Gasteiger partial charge in [0.1, 0.15) is 6.33 Å². The van der Waals surface area contributed by atoms with Crippen LogP contribution in [0.15, 0.2) is 29.0 Å². The monoisotopic (exact) mass is 367 g/mol. The maximum Gasteiger partial charge on any atom is 0.253 e. The number of hydrogen-bond acceptors (Lipinski definition) is 5. The van der Waals surface area contributed by atoms with Crippen LogP contribution >= 0.6 is 15.9 Å². The first-order chi connectivity index (χ1) is 10.6. The molecule has 22 heavy (non-hydrogen) atoms. The van der Waals surface area contributed by atoms with Crippen LogP contribution in [0.3, 0.4) is 0 Å². The molecule has 7 nitrogen and oxygen atoms in total. The molecule has 0 bridgehead atoms. The van der Waals surface area contributed by atoms with E-state index in [4.69, 9.17) is 4.74 Å². The number of carbonyl (C=O) groups excluding carboxylic acids is 1. The number of halogens is 1. The third-order valence-corrected chi connectivity index (χ3v) is 3.35. The predicted molar refractivity (Wildman–Crippen MR) is 84.9 cm³/mol. The molecule has 0 fully saturated rings. The fraction of sp³-hybridized carbons (Fsp3) is 0.429. The van der Waals surface area contributed by atoms with Crippen LogP contribution in [0.5, 0.6) is 0 Å². The smallest absolute Gasteiger partial charge is 0.253 e. The Balaban J connectivity index is 2.01. The van der Waals surface area contributed by atoms with Crippen molar-refractivity contribution >= 4 is 21.8 Å². The molecule has 8 heteroatoms. The summed E-state index contributed by atoms with van der Waals surface area (Å²) >= 11 is 3.38. The van der Waals surface area contributed by atoms with Crippen LogP contribution < -0.4 is 5.32 Å². The summed E-state index contributed by atoms with van der Waals surface area (Å²) in [6, 6.07) is 5.37. The van der Waals surface area contributed by atoms with E-state index in [-0.39, 0.29) is 12.0 Å². The lowest BCUT2D eigenvalue weighted by Gasteiger charge is -2.11. The van der Waals surface area contributed by atoms with Crippen LogP contribution in [0.2, 0.25) is 0 Å². The summed E-state index contributed by atoms with van der Waals surface area (Å²) in [6.07, 6.45) is 2.42. The zero-order chi connectivity index (χ0) is 15.9. The minimum absolute atomic E-state index is 0.170. The molecule has 0 aliphatic rings. The highest BCUT2D eigenvalue weighted by Gasteiger charge is 2.14. The van der Waals surface area contributed by atoms with Crippen LogP contribution in [0.25, 0.3) is 5.69 Å². The number of hydrogen-bond donors (Lipinski definition) is 1. The highest BCUT2D eigenvalue weighted by atomic mass is 79.9. The van der Waals surface area contributed by atoms with Gasteiger partial charge in [-0.2, -0.15) is 4.68 Å². The molecule has 0 aliphatic heterocycles. The van der Waals surface area contributed by atoms with Gasteiger partial charge >= 0.3 is 0 Å². The number of aromatic nitrogens is 4. The molecule has 118 valence electrons. The average Bonchev–Trinajstić information content (AvgIpc) is 3.00. The van der Waals surface area contributed by atoms with Gasteiger partial charge in [0.2, 0.25) is 0 Å². The molecule has 2 rings (SSSR count). The lowest BCUT2D eigenvalue weighted by Crippen LogP contribution is -2.26. The van der Waals surface area contributed by atoms with E-state index in [1.54, 1.807) is 12.1 Å². The van der Waals surface area contributed by atoms with Gasteiger partial charge in [0.05, 0.1) is 17.4 Å². The van der Waals surface area contributed by atoms with Crippen LogP contribution in [0.1, 0.15) is 30.6 Å². The normalized spacial score (nSPS) is 10.9. The number of tetrazole rings is 1. The number of benzene rings is 1. The van der Waals surface area contributed by atoms with Crippen molar-refractivity contribution in [3.63, 3.8) is 0 Å². The number of nitrogens with zero attached hydrogens (tertiary/aromatic N) is 4. The average molecular weight is 368 g/mol. The number of amides is 1. The minimum Gasteiger partial charge on any atom is -0.379 e. The van der Waals surface area contributed by atoms with E-state index in [9.17, 15) is 4.79 Å². The van der Waals surface area contributed by atoms with E-state index in [1.165, 1.54) is 11.0 Å². The molecule has 1 aromatic carbocycles. The van der Waals surface area contributed by atoms with Gasteiger partial charge in [-0.05, 0) is 48.9 Å². The Morgan fingerprint density at radius 1 is 1.45 bits per heavy atom. The lowest BCUT2D eigenvalue weighted by atomic mass is 10.1. The SMILES string of the molecule is CC(C)OCCCNC(=O)c1cc(Br)ccc1-n1cnnn1. The van der Waals surface area contributed by atoms with E-state index < -0.39 is 0 Å². The van der Waals surface area contributed by atoms with Crippen LogP contribution in [-0.2, 0) is 4.74 Å². The summed E-state index contributed by atoms with van der Waals surface area (Å²) in [5.74, 6) is -0.170. The number of nitrogens with one attached hydrogen (secondary N) is 1. The summed E-state index contributed by atoms with van der Waals surface area (Å²) in [5, 5.41) is 13.9. The molecule has 0 radical (unpaired) electrons. The second-order valence-corrected chi connectivity index (χ2v) is 5.86. The summed E-state index contributed by atoms with van der Waals surface area (Å²) in [4.78, 5) is 12.4. The Bertz CT molecular complexity index is 616. The second-order valence-electron chi connectivity index (χ2n) is 4.94. The Morgan fingerprint density at radius 2 is 2.27 bits per heavy atom. The molecule has 1 N–H and O–H groups in total. The largest absolute Gasteiger partial charge is 0.379 e. The van der Waals surface area contributed by atoms with Crippen LogP contribution in [0, 0.1) is 0 Å². The molecule has 1 aromatic heterocycles. The minimum atomic E-state index is -0.170. The Kier molecular flexibility index (Phi) is 6.02. The van der Waals surface area contributed by atoms with Crippen molar-refractivity contribution in [2.75, 3.05) is 13.2 Å². The van der Waals surface area contributed by atoms with Crippen molar-refractivity contribution in [3.05, 3.63) is 34.6 Å². The first kappa shape index (κ1) is 16.6.